The minimum absolute atomic E-state index is 0.0563. The number of carbonyl (C=O) groups excluding carboxylic acids is 1. The first-order valence-electron chi connectivity index (χ1n) is 7.88. The predicted octanol–water partition coefficient (Wildman–Crippen LogP) is 3.83. The second kappa shape index (κ2) is 6.97. The molecular weight excluding hydrogens is 286 g/mol. The van der Waals surface area contributed by atoms with E-state index in [1.54, 1.807) is 11.9 Å². The summed E-state index contributed by atoms with van der Waals surface area (Å²) >= 11 is 0. The lowest BCUT2D eigenvalue weighted by atomic mass is 9.86. The van der Waals surface area contributed by atoms with Crippen molar-refractivity contribution in [1.82, 2.24) is 4.90 Å². The van der Waals surface area contributed by atoms with Gasteiger partial charge in [0, 0.05) is 12.6 Å². The number of hydrogen-bond acceptors (Lipinski definition) is 2. The summed E-state index contributed by atoms with van der Waals surface area (Å²) in [6.45, 7) is 6.03. The lowest BCUT2D eigenvalue weighted by Crippen LogP contribution is -2.47. The number of hydrogen-bond donors (Lipinski definition) is 1. The number of likely N-dealkylation sites (N-methyl/N-ethyl adjacent to an activating group) is 1. The number of carbonyl (C=O) groups is 1. The summed E-state index contributed by atoms with van der Waals surface area (Å²) in [6.07, 6.45) is 0. The standard InChI is InChI=1S/C20H25NO2/c1-20(2,3)18(14-22)21(4)19(23)17-13-9-8-12-16(17)15-10-6-5-7-11-15/h5-13,18,22H,14H2,1-4H3/t18-/m1/s1. The van der Waals surface area contributed by atoms with Crippen LogP contribution in [0.5, 0.6) is 0 Å². The fourth-order valence-corrected chi connectivity index (χ4v) is 2.85. The van der Waals surface area contributed by atoms with E-state index in [0.29, 0.717) is 5.56 Å². The SMILES string of the molecule is CN(C(=O)c1ccccc1-c1ccccc1)[C@H](CO)C(C)(C)C. The highest BCUT2D eigenvalue weighted by Crippen LogP contribution is 2.28. The molecule has 23 heavy (non-hydrogen) atoms. The summed E-state index contributed by atoms with van der Waals surface area (Å²) in [5.74, 6) is -0.0709. The van der Waals surface area contributed by atoms with Gasteiger partial charge in [-0.25, -0.2) is 0 Å². The van der Waals surface area contributed by atoms with Crippen LogP contribution in [-0.4, -0.2) is 35.6 Å². The van der Waals surface area contributed by atoms with E-state index in [2.05, 4.69) is 0 Å². The van der Waals surface area contributed by atoms with Crippen LogP contribution in [0.3, 0.4) is 0 Å². The van der Waals surface area contributed by atoms with Crippen LogP contribution in [0.2, 0.25) is 0 Å². The molecule has 0 heterocycles. The molecule has 3 heteroatoms. The van der Waals surface area contributed by atoms with Gasteiger partial charge in [0.25, 0.3) is 5.91 Å². The highest BCUT2D eigenvalue weighted by Gasteiger charge is 2.31. The number of benzene rings is 2. The Bertz CT molecular complexity index is 659. The van der Waals surface area contributed by atoms with Gasteiger partial charge in [0.1, 0.15) is 0 Å². The second-order valence-corrected chi connectivity index (χ2v) is 6.89. The quantitative estimate of drug-likeness (QED) is 0.932. The van der Waals surface area contributed by atoms with E-state index in [1.807, 2.05) is 75.4 Å². The van der Waals surface area contributed by atoms with Crippen molar-refractivity contribution in [3.63, 3.8) is 0 Å². The smallest absolute Gasteiger partial charge is 0.254 e. The van der Waals surface area contributed by atoms with Gasteiger partial charge < -0.3 is 10.0 Å². The Balaban J connectivity index is 2.41. The maximum atomic E-state index is 13.0. The molecule has 0 radical (unpaired) electrons. The van der Waals surface area contributed by atoms with Crippen LogP contribution in [0.25, 0.3) is 11.1 Å². The minimum atomic E-state index is -0.237. The first-order valence-corrected chi connectivity index (χ1v) is 7.88. The van der Waals surface area contributed by atoms with Crippen molar-refractivity contribution in [2.45, 2.75) is 26.8 Å². The molecule has 0 aliphatic carbocycles. The number of rotatable bonds is 4. The van der Waals surface area contributed by atoms with Crippen LogP contribution >= 0.6 is 0 Å². The number of amides is 1. The zero-order valence-corrected chi connectivity index (χ0v) is 14.3. The summed E-state index contributed by atoms with van der Waals surface area (Å²) in [5, 5.41) is 9.72. The predicted molar refractivity (Wildman–Crippen MR) is 94.3 cm³/mol. The van der Waals surface area contributed by atoms with E-state index in [-0.39, 0.29) is 24.0 Å². The topological polar surface area (TPSA) is 40.5 Å². The fraction of sp³-hybridized carbons (Fsp3) is 0.350. The third-order valence-corrected chi connectivity index (χ3v) is 4.20. The van der Waals surface area contributed by atoms with Gasteiger partial charge in [-0.05, 0) is 22.6 Å². The van der Waals surface area contributed by atoms with Crippen molar-refractivity contribution in [2.75, 3.05) is 13.7 Å². The lowest BCUT2D eigenvalue weighted by molar-refractivity contribution is 0.0434. The number of aliphatic hydroxyl groups excluding tert-OH is 1. The average molecular weight is 311 g/mol. The molecule has 2 aromatic carbocycles. The highest BCUT2D eigenvalue weighted by molar-refractivity contribution is 6.01. The summed E-state index contributed by atoms with van der Waals surface area (Å²) in [4.78, 5) is 14.7. The average Bonchev–Trinajstić information content (AvgIpc) is 2.54. The summed E-state index contributed by atoms with van der Waals surface area (Å²) in [5.41, 5.74) is 2.39. The van der Waals surface area contributed by atoms with Crippen molar-refractivity contribution in [1.29, 1.82) is 0 Å². The molecule has 1 N–H and O–H groups in total. The van der Waals surface area contributed by atoms with E-state index in [0.717, 1.165) is 11.1 Å². The molecule has 0 aliphatic heterocycles. The third kappa shape index (κ3) is 3.80. The molecule has 0 aromatic heterocycles. The first-order chi connectivity index (χ1) is 10.9. The molecule has 0 unspecified atom stereocenters. The largest absolute Gasteiger partial charge is 0.394 e. The summed E-state index contributed by atoms with van der Waals surface area (Å²) < 4.78 is 0. The molecule has 2 rings (SSSR count). The van der Waals surface area contributed by atoms with Gasteiger partial charge in [-0.3, -0.25) is 4.79 Å². The lowest BCUT2D eigenvalue weighted by Gasteiger charge is -2.37. The van der Waals surface area contributed by atoms with Crippen LogP contribution < -0.4 is 0 Å². The molecule has 0 fully saturated rings. The van der Waals surface area contributed by atoms with Crippen molar-refractivity contribution in [3.8, 4) is 11.1 Å². The zero-order chi connectivity index (χ0) is 17.0. The maximum Gasteiger partial charge on any atom is 0.254 e. The van der Waals surface area contributed by atoms with Gasteiger partial charge in [-0.1, -0.05) is 69.3 Å². The van der Waals surface area contributed by atoms with Crippen molar-refractivity contribution in [3.05, 3.63) is 60.2 Å². The zero-order valence-electron chi connectivity index (χ0n) is 14.3. The number of nitrogens with zero attached hydrogens (tertiary/aromatic N) is 1. The molecule has 0 aliphatic rings. The van der Waals surface area contributed by atoms with Crippen LogP contribution in [0.4, 0.5) is 0 Å². The van der Waals surface area contributed by atoms with E-state index >= 15 is 0 Å². The number of aliphatic hydroxyl groups is 1. The fourth-order valence-electron chi connectivity index (χ4n) is 2.85. The van der Waals surface area contributed by atoms with Gasteiger partial charge in [0.05, 0.1) is 12.6 Å². The Morgan fingerprint density at radius 2 is 1.61 bits per heavy atom. The van der Waals surface area contributed by atoms with Gasteiger partial charge in [-0.15, -0.1) is 0 Å². The normalized spacial score (nSPS) is 12.7. The molecule has 0 saturated carbocycles. The van der Waals surface area contributed by atoms with Crippen LogP contribution in [0.1, 0.15) is 31.1 Å². The van der Waals surface area contributed by atoms with Gasteiger partial charge in [-0.2, -0.15) is 0 Å². The first kappa shape index (κ1) is 17.2. The molecule has 2 aromatic rings. The van der Waals surface area contributed by atoms with E-state index in [1.165, 1.54) is 0 Å². The molecule has 122 valence electrons. The van der Waals surface area contributed by atoms with E-state index < -0.39 is 0 Å². The molecular formula is C20H25NO2. The summed E-state index contributed by atoms with van der Waals surface area (Å²) in [7, 11) is 1.76. The van der Waals surface area contributed by atoms with Gasteiger partial charge >= 0.3 is 0 Å². The Morgan fingerprint density at radius 1 is 1.04 bits per heavy atom. The third-order valence-electron chi connectivity index (χ3n) is 4.20. The van der Waals surface area contributed by atoms with Crippen molar-refractivity contribution in [2.24, 2.45) is 5.41 Å². The molecule has 1 amide bonds. The minimum Gasteiger partial charge on any atom is -0.394 e. The van der Waals surface area contributed by atoms with Crippen LogP contribution in [0.15, 0.2) is 54.6 Å². The van der Waals surface area contributed by atoms with Gasteiger partial charge in [0.15, 0.2) is 0 Å². The summed E-state index contributed by atoms with van der Waals surface area (Å²) in [6, 6.07) is 17.3. The highest BCUT2D eigenvalue weighted by atomic mass is 16.3. The van der Waals surface area contributed by atoms with Crippen LogP contribution in [0, 0.1) is 5.41 Å². The second-order valence-electron chi connectivity index (χ2n) is 6.89. The Kier molecular flexibility index (Phi) is 5.22. The van der Waals surface area contributed by atoms with Gasteiger partial charge in [0.2, 0.25) is 0 Å². The molecule has 0 bridgehead atoms. The maximum absolute atomic E-state index is 13.0. The van der Waals surface area contributed by atoms with E-state index in [9.17, 15) is 9.90 Å². The Labute approximate surface area is 138 Å². The molecule has 0 spiro atoms. The Hall–Kier alpha value is -2.13. The van der Waals surface area contributed by atoms with Crippen molar-refractivity contribution < 1.29 is 9.90 Å². The van der Waals surface area contributed by atoms with Crippen LogP contribution in [-0.2, 0) is 0 Å². The van der Waals surface area contributed by atoms with Crippen molar-refractivity contribution >= 4 is 5.91 Å². The molecule has 0 saturated heterocycles. The molecule has 3 nitrogen and oxygen atoms in total. The molecule has 1 atom stereocenters. The monoisotopic (exact) mass is 311 g/mol. The Morgan fingerprint density at radius 3 is 2.17 bits per heavy atom. The van der Waals surface area contributed by atoms with E-state index in [4.69, 9.17) is 0 Å².